The zero-order valence-electron chi connectivity index (χ0n) is 7.73. The molecule has 0 aromatic rings. The Balaban J connectivity index is 2.44. The Kier molecular flexibility index (Phi) is 3.24. The summed E-state index contributed by atoms with van der Waals surface area (Å²) >= 11 is 6.19. The summed E-state index contributed by atoms with van der Waals surface area (Å²) in [6, 6.07) is 0. The predicted octanol–water partition coefficient (Wildman–Crippen LogP) is 3.85. The van der Waals surface area contributed by atoms with E-state index >= 15 is 0 Å². The molecule has 2 unspecified atom stereocenters. The first-order chi connectivity index (χ1) is 5.11. The van der Waals surface area contributed by atoms with E-state index in [0.717, 1.165) is 18.3 Å². The van der Waals surface area contributed by atoms with Crippen molar-refractivity contribution in [1.82, 2.24) is 0 Å². The molecule has 1 rings (SSSR count). The monoisotopic (exact) mass is 173 g/mol. The Morgan fingerprint density at radius 1 is 1.36 bits per heavy atom. The third-order valence-corrected chi connectivity index (χ3v) is 3.16. The van der Waals surface area contributed by atoms with Crippen molar-refractivity contribution in [3.05, 3.63) is 5.38 Å². The van der Waals surface area contributed by atoms with E-state index in [0.29, 0.717) is 5.92 Å². The molecule has 0 saturated heterocycles. The second kappa shape index (κ2) is 3.80. The van der Waals surface area contributed by atoms with Crippen LogP contribution < -0.4 is 0 Å². The van der Waals surface area contributed by atoms with Gasteiger partial charge in [0.1, 0.15) is 0 Å². The maximum atomic E-state index is 6.19. The second-order valence-electron chi connectivity index (χ2n) is 4.18. The Morgan fingerprint density at radius 3 is 2.45 bits per heavy atom. The average Bonchev–Trinajstić information content (AvgIpc) is 1.85. The smallest absolute Gasteiger partial charge is 0.0673 e. The molecule has 0 aliphatic heterocycles. The van der Waals surface area contributed by atoms with Crippen molar-refractivity contribution in [3.8, 4) is 0 Å². The Bertz CT molecular complexity index is 120. The molecule has 1 heteroatoms. The molecular formula is C10H18Cl. The summed E-state index contributed by atoms with van der Waals surface area (Å²) in [6.45, 7) is 6.82. The number of halogens is 1. The Morgan fingerprint density at radius 2 is 2.00 bits per heavy atom. The third kappa shape index (κ3) is 2.37. The van der Waals surface area contributed by atoms with Crippen LogP contribution in [0.25, 0.3) is 0 Å². The van der Waals surface area contributed by atoms with Crippen molar-refractivity contribution in [2.75, 3.05) is 0 Å². The molecule has 1 fully saturated rings. The van der Waals surface area contributed by atoms with Crippen LogP contribution in [-0.2, 0) is 0 Å². The van der Waals surface area contributed by atoms with E-state index in [2.05, 4.69) is 20.8 Å². The molecule has 1 radical (unpaired) electrons. The zero-order valence-corrected chi connectivity index (χ0v) is 8.49. The summed E-state index contributed by atoms with van der Waals surface area (Å²) in [6.07, 6.45) is 3.81. The van der Waals surface area contributed by atoms with Gasteiger partial charge in [0, 0.05) is 0 Å². The van der Waals surface area contributed by atoms with Gasteiger partial charge in [0.25, 0.3) is 0 Å². The van der Waals surface area contributed by atoms with Gasteiger partial charge in [-0.05, 0) is 30.6 Å². The van der Waals surface area contributed by atoms with E-state index < -0.39 is 0 Å². The van der Waals surface area contributed by atoms with Gasteiger partial charge in [-0.1, -0.05) is 27.2 Å². The first-order valence-electron chi connectivity index (χ1n) is 4.62. The molecule has 11 heavy (non-hydrogen) atoms. The SMILES string of the molecule is CC1CCC(C(C)C)[C](Cl)C1. The number of hydrogen-bond donors (Lipinski definition) is 0. The minimum absolute atomic E-state index is 0.688. The van der Waals surface area contributed by atoms with E-state index in [-0.39, 0.29) is 0 Å². The molecule has 65 valence electrons. The van der Waals surface area contributed by atoms with Crippen LogP contribution in [0, 0.1) is 23.1 Å². The van der Waals surface area contributed by atoms with Crippen LogP contribution in [0.1, 0.15) is 40.0 Å². The normalized spacial score (nSPS) is 34.6. The lowest BCUT2D eigenvalue weighted by atomic mass is 9.77. The van der Waals surface area contributed by atoms with Gasteiger partial charge in [0.05, 0.1) is 5.38 Å². The average molecular weight is 174 g/mol. The van der Waals surface area contributed by atoms with Crippen LogP contribution >= 0.6 is 11.6 Å². The lowest BCUT2D eigenvalue weighted by molar-refractivity contribution is 0.289. The van der Waals surface area contributed by atoms with Crippen molar-refractivity contribution in [2.24, 2.45) is 17.8 Å². The molecule has 0 bridgehead atoms. The molecule has 0 N–H and O–H groups in total. The molecule has 1 saturated carbocycles. The van der Waals surface area contributed by atoms with Gasteiger partial charge in [-0.25, -0.2) is 0 Å². The first kappa shape index (κ1) is 9.38. The maximum Gasteiger partial charge on any atom is 0.0673 e. The van der Waals surface area contributed by atoms with Crippen molar-refractivity contribution >= 4 is 11.6 Å². The van der Waals surface area contributed by atoms with Crippen molar-refractivity contribution in [1.29, 1.82) is 0 Å². The van der Waals surface area contributed by atoms with Crippen molar-refractivity contribution in [2.45, 2.75) is 40.0 Å². The summed E-state index contributed by atoms with van der Waals surface area (Å²) in [4.78, 5) is 0. The molecule has 0 heterocycles. The minimum Gasteiger partial charge on any atom is -0.117 e. The van der Waals surface area contributed by atoms with Crippen LogP contribution in [0.3, 0.4) is 0 Å². The van der Waals surface area contributed by atoms with E-state index in [1.807, 2.05) is 0 Å². The highest BCUT2D eigenvalue weighted by Crippen LogP contribution is 2.41. The lowest BCUT2D eigenvalue weighted by Crippen LogP contribution is -2.22. The topological polar surface area (TPSA) is 0 Å². The summed E-state index contributed by atoms with van der Waals surface area (Å²) in [5.74, 6) is 2.24. The van der Waals surface area contributed by atoms with Gasteiger partial charge < -0.3 is 0 Å². The summed E-state index contributed by atoms with van der Waals surface area (Å²) in [7, 11) is 0. The zero-order chi connectivity index (χ0) is 8.43. The molecular weight excluding hydrogens is 156 g/mol. The van der Waals surface area contributed by atoms with Crippen LogP contribution in [0.2, 0.25) is 0 Å². The van der Waals surface area contributed by atoms with Crippen molar-refractivity contribution in [3.63, 3.8) is 0 Å². The minimum atomic E-state index is 0.688. The summed E-state index contributed by atoms with van der Waals surface area (Å²) in [5, 5.41) is 1.22. The molecule has 1 aliphatic rings. The van der Waals surface area contributed by atoms with E-state index in [1.165, 1.54) is 18.2 Å². The summed E-state index contributed by atoms with van der Waals surface area (Å²) in [5.41, 5.74) is 0. The fraction of sp³-hybridized carbons (Fsp3) is 0.900. The van der Waals surface area contributed by atoms with Gasteiger partial charge in [-0.3, -0.25) is 0 Å². The second-order valence-corrected chi connectivity index (χ2v) is 4.67. The largest absolute Gasteiger partial charge is 0.117 e. The molecule has 2 atom stereocenters. The van der Waals surface area contributed by atoms with Gasteiger partial charge in [0.15, 0.2) is 0 Å². The van der Waals surface area contributed by atoms with Crippen LogP contribution in [0.15, 0.2) is 0 Å². The standard InChI is InChI=1S/C10H18Cl/c1-7(2)9-5-4-8(3)6-10(9)11/h7-9H,4-6H2,1-3H3. The molecule has 0 nitrogen and oxygen atoms in total. The molecule has 0 amide bonds. The highest BCUT2D eigenvalue weighted by Gasteiger charge is 2.29. The van der Waals surface area contributed by atoms with Gasteiger partial charge in [-0.15, -0.1) is 11.6 Å². The quantitative estimate of drug-likeness (QED) is 0.565. The highest BCUT2D eigenvalue weighted by molar-refractivity contribution is 6.27. The third-order valence-electron chi connectivity index (χ3n) is 2.72. The molecule has 0 spiro atoms. The Hall–Kier alpha value is 0.290. The predicted molar refractivity (Wildman–Crippen MR) is 50.4 cm³/mol. The lowest BCUT2D eigenvalue weighted by Gasteiger charge is -2.32. The maximum absolute atomic E-state index is 6.19. The molecule has 0 aromatic carbocycles. The van der Waals surface area contributed by atoms with E-state index in [1.54, 1.807) is 0 Å². The fourth-order valence-corrected chi connectivity index (χ4v) is 2.53. The van der Waals surface area contributed by atoms with Gasteiger partial charge >= 0.3 is 0 Å². The number of hydrogen-bond acceptors (Lipinski definition) is 0. The van der Waals surface area contributed by atoms with E-state index in [4.69, 9.17) is 11.6 Å². The highest BCUT2D eigenvalue weighted by atomic mass is 35.5. The van der Waals surface area contributed by atoms with Gasteiger partial charge in [0.2, 0.25) is 0 Å². The van der Waals surface area contributed by atoms with Crippen LogP contribution in [0.5, 0.6) is 0 Å². The van der Waals surface area contributed by atoms with Crippen molar-refractivity contribution < 1.29 is 0 Å². The van der Waals surface area contributed by atoms with E-state index in [9.17, 15) is 0 Å². The summed E-state index contributed by atoms with van der Waals surface area (Å²) < 4.78 is 0. The Labute approximate surface area is 75.3 Å². The van der Waals surface area contributed by atoms with Crippen LogP contribution in [0.4, 0.5) is 0 Å². The molecule has 1 aliphatic carbocycles. The first-order valence-corrected chi connectivity index (χ1v) is 5.00. The van der Waals surface area contributed by atoms with Crippen LogP contribution in [-0.4, -0.2) is 0 Å². The van der Waals surface area contributed by atoms with Gasteiger partial charge in [-0.2, -0.15) is 0 Å². The fourth-order valence-electron chi connectivity index (χ4n) is 1.90. The number of rotatable bonds is 1. The molecule has 0 aromatic heterocycles.